The number of aromatic nitrogens is 12. The van der Waals surface area contributed by atoms with E-state index in [1.807, 2.05) is 36.4 Å². The maximum atomic E-state index is 10.2. The number of fused-ring (bicyclic) bond motifs is 6. The fraction of sp³-hybridized carbons (Fsp3) is 0. The van der Waals surface area contributed by atoms with Gasteiger partial charge in [-0.25, -0.2) is 74.1 Å². The quantitative estimate of drug-likeness (QED) is 0.0554. The van der Waals surface area contributed by atoms with Gasteiger partial charge in [-0.1, -0.05) is 72.8 Å². The zero-order valence-electron chi connectivity index (χ0n) is 60.9. The number of hydrogen-bond acceptors (Lipinski definition) is 21. The molecule has 0 saturated carbocycles. The molecule has 0 radical (unpaired) electrons. The average molecular weight is 1530 g/mol. The first kappa shape index (κ1) is 78.6. The van der Waals surface area contributed by atoms with E-state index >= 15 is 0 Å². The predicted octanol–water partition coefficient (Wildman–Crippen LogP) is 19.7. The molecule has 542 valence electrons. The van der Waals surface area contributed by atoms with Crippen molar-refractivity contribution >= 4 is 104 Å². The Morgan fingerprint density at radius 1 is 0.242 bits per heavy atom. The lowest BCUT2D eigenvalue weighted by atomic mass is 9.97. The molecule has 0 aliphatic heterocycles. The van der Waals surface area contributed by atoms with Gasteiger partial charge in [0.05, 0.1) is 204 Å². The Bertz CT molecular complexity index is 6760. The van der Waals surface area contributed by atoms with Gasteiger partial charge < -0.3 is 0 Å². The molecular weight excluding hydrogens is 1500 g/mol. The van der Waals surface area contributed by atoms with E-state index in [1.165, 1.54) is 158 Å². The van der Waals surface area contributed by atoms with Gasteiger partial charge in [0.25, 0.3) is 0 Å². The van der Waals surface area contributed by atoms with Gasteiger partial charge in [-0.05, 0) is 89.5 Å². The van der Waals surface area contributed by atoms with Crippen LogP contribution in [0.4, 0.5) is 34.1 Å². The number of nitrogens with zero attached hydrogens (tertiary/aromatic N) is 30. The van der Waals surface area contributed by atoms with Gasteiger partial charge >= 0.3 is 0 Å². The zero-order valence-corrected chi connectivity index (χ0v) is 60.9. The lowest BCUT2D eigenvalue weighted by Gasteiger charge is -2.18. The van der Waals surface area contributed by atoms with Crippen molar-refractivity contribution in [3.05, 3.63) is 329 Å². The van der Waals surface area contributed by atoms with E-state index in [2.05, 4.69) is 91.7 Å². The summed E-state index contributed by atoms with van der Waals surface area (Å²) in [4.78, 5) is 90.0. The molecule has 0 bridgehead atoms. The summed E-state index contributed by atoms with van der Waals surface area (Å²) in [7, 11) is 0. The zero-order chi connectivity index (χ0) is 84.9. The van der Waals surface area contributed by atoms with Crippen molar-refractivity contribution in [1.29, 1.82) is 47.4 Å². The van der Waals surface area contributed by atoms with Crippen molar-refractivity contribution in [3.63, 3.8) is 0 Å². The molecule has 13 rings (SSSR count). The third-order valence-corrected chi connectivity index (χ3v) is 17.4. The van der Waals surface area contributed by atoms with E-state index < -0.39 is 0 Å². The summed E-state index contributed by atoms with van der Waals surface area (Å²) in [6.45, 7) is 68.4. The van der Waals surface area contributed by atoms with Gasteiger partial charge in [0.15, 0.2) is 41.3 Å². The van der Waals surface area contributed by atoms with Gasteiger partial charge in [0, 0.05) is 34.9 Å². The second-order valence-electron chi connectivity index (χ2n) is 24.1. The number of allylic oxidation sites excluding steroid dienone is 3. The van der Waals surface area contributed by atoms with Gasteiger partial charge in [-0.15, -0.1) is 0 Å². The van der Waals surface area contributed by atoms with Crippen molar-refractivity contribution in [3.8, 4) is 145 Å². The molecule has 0 fully saturated rings. The standard InChI is InChI=1S/C60H18N18.C30H14N12/c1-67-43-16-13-33(21-42(43)30-66)51-54(36-15-18-45(69-3)48(24-36)72-6)78-60-57(75-51)58-55(73-49(31-7-10-37(25-61)40(19-31)28-64)52(76-58)34-9-12-39(27-63)46(22-34)70-4)56-59(60)77-53(35-14-17-44(68-2)47(23-35)71-5)50(74-56)32-8-11-38(26-62)41(20-32)29-65;1-34-16-10-22-25(11-17-35-2)40-28(20-38-22)30-29(41-24(9-6-15-33)26(42-30)12-18-36-3)27-19-37-21(7-4-13-31)23(39-27)8-5-14-32/h7-24H;4-12,16-20H/b;7-4+,8-5+,9-6+,16-10+,17-11+,18-12+. The second-order valence-corrected chi connectivity index (χ2v) is 24.1. The van der Waals surface area contributed by atoms with Crippen LogP contribution in [0.2, 0.25) is 0 Å². The maximum Gasteiger partial charge on any atom is 0.205 e. The van der Waals surface area contributed by atoms with Crippen molar-refractivity contribution in [1.82, 2.24) is 59.8 Å². The number of rotatable bonds is 14. The van der Waals surface area contributed by atoms with Crippen LogP contribution in [0.5, 0.6) is 0 Å². The highest BCUT2D eigenvalue weighted by Crippen LogP contribution is 2.46. The fourth-order valence-corrected chi connectivity index (χ4v) is 12.0. The maximum absolute atomic E-state index is 10.2. The molecule has 6 aromatic heterocycles. The summed E-state index contributed by atoms with van der Waals surface area (Å²) in [6.07, 6.45) is 18.6. The van der Waals surface area contributed by atoms with E-state index in [-0.39, 0.29) is 180 Å². The summed E-state index contributed by atoms with van der Waals surface area (Å²) in [5.74, 6) is 0. The summed E-state index contributed by atoms with van der Waals surface area (Å²) >= 11 is 0. The molecule has 0 aliphatic carbocycles. The Morgan fingerprint density at radius 3 is 0.858 bits per heavy atom. The van der Waals surface area contributed by atoms with Crippen LogP contribution < -0.4 is 0 Å². The largest absolute Gasteiger partial charge is 0.254 e. The van der Waals surface area contributed by atoms with Crippen LogP contribution in [0.25, 0.3) is 203 Å². The highest BCUT2D eigenvalue weighted by atomic mass is 15.0. The van der Waals surface area contributed by atoms with Crippen LogP contribution in [-0.4, -0.2) is 59.8 Å². The van der Waals surface area contributed by atoms with Crippen LogP contribution in [0.15, 0.2) is 158 Å². The van der Waals surface area contributed by atoms with E-state index in [9.17, 15) is 31.6 Å². The minimum atomic E-state index is -0.0114. The van der Waals surface area contributed by atoms with Crippen molar-refractivity contribution in [2.75, 3.05) is 0 Å². The van der Waals surface area contributed by atoms with Crippen molar-refractivity contribution in [2.24, 2.45) is 0 Å². The molecule has 0 aliphatic rings. The third-order valence-electron chi connectivity index (χ3n) is 17.4. The first-order valence-corrected chi connectivity index (χ1v) is 33.9. The molecule has 0 unspecified atom stereocenters. The molecule has 120 heavy (non-hydrogen) atoms. The minimum Gasteiger partial charge on any atom is -0.254 e. The predicted molar refractivity (Wildman–Crippen MR) is 439 cm³/mol. The molecular formula is C90H32N30. The van der Waals surface area contributed by atoms with E-state index in [0.29, 0.717) is 44.8 Å². The normalized spacial score (nSPS) is 10.5. The summed E-state index contributed by atoms with van der Waals surface area (Å²) < 4.78 is 0. The summed E-state index contributed by atoms with van der Waals surface area (Å²) in [6, 6.07) is 44.9. The second kappa shape index (κ2) is 35.6. The SMILES string of the molecule is [C-]#[N+]/C=C/c1ncc(-c2nc(/C=C/[N+]#[C-])c(/C=C/C#N)nc2-c2cnc(/C=C/C#N)c(/C=C/C#N)n2)nc1/C=C/[N+]#[C-].[C-]#[N+]c1ccc(-c2nc3c4nc(-c5ccc(C#N)c([N+]#[C-])c5)c(-c5ccc(C#N)c(C#N)c5)nc4c4nc(-c5ccc(C#N)c(C#N)c5)c(-c5ccc([N+]#[C-])c([N+]#[C-])c5)nc4c3nc2-c2ccc([N+]#[C-])c([N+]#[C-])c2)cc1C#N. The molecule has 0 amide bonds. The summed E-state index contributed by atoms with van der Waals surface area (Å²) in [5.41, 5.74) is 5.66. The van der Waals surface area contributed by atoms with Gasteiger partial charge in [0.1, 0.15) is 80.2 Å². The van der Waals surface area contributed by atoms with Gasteiger partial charge in [-0.2, -0.15) is 47.4 Å². The van der Waals surface area contributed by atoms with Crippen molar-refractivity contribution < 1.29 is 0 Å². The first-order valence-electron chi connectivity index (χ1n) is 33.9. The minimum absolute atomic E-state index is 0.00396. The Kier molecular flexibility index (Phi) is 23.3. The molecule has 30 nitrogen and oxygen atoms in total. The van der Waals surface area contributed by atoms with Crippen molar-refractivity contribution in [2.45, 2.75) is 0 Å². The van der Waals surface area contributed by atoms with E-state index in [4.69, 9.17) is 105 Å². The highest BCUT2D eigenvalue weighted by molar-refractivity contribution is 6.20. The van der Waals surface area contributed by atoms with Crippen LogP contribution in [0, 0.1) is 161 Å². The highest BCUT2D eigenvalue weighted by Gasteiger charge is 2.29. The molecule has 7 aromatic carbocycles. The van der Waals surface area contributed by atoms with Crippen LogP contribution in [0.1, 0.15) is 67.5 Å². The topological polar surface area (TPSA) is 408 Å². The molecule has 0 saturated heterocycles. The van der Waals surface area contributed by atoms with Crippen LogP contribution in [0.3, 0.4) is 0 Å². The van der Waals surface area contributed by atoms with Crippen LogP contribution >= 0.6 is 0 Å². The van der Waals surface area contributed by atoms with Crippen LogP contribution in [-0.2, 0) is 0 Å². The molecule has 0 atom stereocenters. The fourth-order valence-electron chi connectivity index (χ4n) is 12.0. The molecule has 30 heteroatoms. The van der Waals surface area contributed by atoms with E-state index in [0.717, 1.165) is 0 Å². The number of hydrogen-bond donors (Lipinski definition) is 0. The first-order chi connectivity index (χ1) is 58.7. The Balaban J connectivity index is 0.000000266. The lowest BCUT2D eigenvalue weighted by molar-refractivity contribution is 1.08. The summed E-state index contributed by atoms with van der Waals surface area (Å²) in [5, 5.41) is 87.6. The molecule has 6 heterocycles. The number of benzene rings is 7. The van der Waals surface area contributed by atoms with Gasteiger partial charge in [-0.3, -0.25) is 29.3 Å². The average Bonchev–Trinajstić information content (AvgIpc) is 0.710. The molecule has 13 aromatic rings. The van der Waals surface area contributed by atoms with Gasteiger partial charge in [0.2, 0.25) is 11.4 Å². The Morgan fingerprint density at radius 2 is 0.517 bits per heavy atom. The van der Waals surface area contributed by atoms with E-state index in [1.54, 1.807) is 36.4 Å². The Hall–Kier alpha value is -20.9. The molecule has 0 N–H and O–H groups in total. The molecule has 0 spiro atoms. The lowest BCUT2D eigenvalue weighted by Crippen LogP contribution is -2.05. The third kappa shape index (κ3) is 15.7. The monoisotopic (exact) mass is 1530 g/mol. The Labute approximate surface area is 680 Å². The smallest absolute Gasteiger partial charge is 0.205 e. The number of nitriles is 9.